The summed E-state index contributed by atoms with van der Waals surface area (Å²) < 4.78 is 0. The Morgan fingerprint density at radius 2 is 1.88 bits per heavy atom. The van der Waals surface area contributed by atoms with Gasteiger partial charge in [-0.3, -0.25) is 0 Å². The second-order valence-corrected chi connectivity index (χ2v) is 5.06. The van der Waals surface area contributed by atoms with Crippen LogP contribution >= 0.6 is 11.3 Å². The van der Waals surface area contributed by atoms with Crippen molar-refractivity contribution in [2.75, 3.05) is 23.5 Å². The predicted octanol–water partition coefficient (Wildman–Crippen LogP) is 3.60. The summed E-state index contributed by atoms with van der Waals surface area (Å²) in [6.45, 7) is 3.12. The number of fused-ring (bicyclic) bond motifs is 1. The molecule has 0 saturated carbocycles. The van der Waals surface area contributed by atoms with Crippen molar-refractivity contribution in [1.29, 1.82) is 0 Å². The number of aryl methyl sites for hydroxylation is 1. The van der Waals surface area contributed by atoms with Gasteiger partial charge < -0.3 is 9.80 Å². The van der Waals surface area contributed by atoms with Gasteiger partial charge in [-0.05, 0) is 36.1 Å². The van der Waals surface area contributed by atoms with Gasteiger partial charge >= 0.3 is 0 Å². The van der Waals surface area contributed by atoms with E-state index in [-0.39, 0.29) is 0 Å². The zero-order valence-corrected chi connectivity index (χ0v) is 10.3. The lowest BCUT2D eigenvalue weighted by Gasteiger charge is -2.18. The average molecular weight is 230 g/mol. The van der Waals surface area contributed by atoms with Crippen LogP contribution in [0.2, 0.25) is 0 Å². The van der Waals surface area contributed by atoms with Gasteiger partial charge in [0.1, 0.15) is 0 Å². The molecule has 1 aliphatic rings. The van der Waals surface area contributed by atoms with Gasteiger partial charge in [0.25, 0.3) is 0 Å². The summed E-state index contributed by atoms with van der Waals surface area (Å²) >= 11 is 1.81. The fraction of sp³-hybridized carbons (Fsp3) is 0.231. The number of benzene rings is 1. The van der Waals surface area contributed by atoms with Gasteiger partial charge in [0.05, 0.1) is 23.0 Å². The molecule has 3 heteroatoms. The van der Waals surface area contributed by atoms with Crippen LogP contribution in [-0.2, 0) is 0 Å². The van der Waals surface area contributed by atoms with Crippen LogP contribution in [-0.4, -0.2) is 13.7 Å². The molecule has 0 unspecified atom stereocenters. The average Bonchev–Trinajstić information content (AvgIpc) is 2.84. The molecule has 0 radical (unpaired) electrons. The third-order valence-electron chi connectivity index (χ3n) is 3.02. The van der Waals surface area contributed by atoms with Gasteiger partial charge in [0.15, 0.2) is 0 Å². The zero-order chi connectivity index (χ0) is 11.1. The molecule has 16 heavy (non-hydrogen) atoms. The molecule has 0 N–H and O–H groups in total. The van der Waals surface area contributed by atoms with Crippen molar-refractivity contribution < 1.29 is 0 Å². The Morgan fingerprint density at radius 1 is 1.12 bits per heavy atom. The van der Waals surface area contributed by atoms with Gasteiger partial charge in [-0.2, -0.15) is 0 Å². The van der Waals surface area contributed by atoms with E-state index in [9.17, 15) is 0 Å². The minimum atomic E-state index is 0.945. The quantitative estimate of drug-likeness (QED) is 0.738. The van der Waals surface area contributed by atoms with Gasteiger partial charge in [0, 0.05) is 7.05 Å². The SMILES string of the molecule is Cc1ccsc1N1CN(C)c2ccccc21. The standard InChI is InChI=1S/C13H14N2S/c1-10-7-8-16-13(10)15-9-14(2)11-5-3-4-6-12(11)15/h3-8H,9H2,1-2H3. The zero-order valence-electron chi connectivity index (χ0n) is 9.47. The molecule has 1 aliphatic heterocycles. The van der Waals surface area contributed by atoms with Gasteiger partial charge in [0.2, 0.25) is 0 Å². The Morgan fingerprint density at radius 3 is 2.56 bits per heavy atom. The fourth-order valence-corrected chi connectivity index (χ4v) is 3.13. The molecule has 2 aromatic rings. The summed E-state index contributed by atoms with van der Waals surface area (Å²) in [7, 11) is 2.14. The van der Waals surface area contributed by atoms with Crippen LogP contribution in [0.3, 0.4) is 0 Å². The maximum Gasteiger partial charge on any atom is 0.0998 e. The van der Waals surface area contributed by atoms with Gasteiger partial charge in [-0.25, -0.2) is 0 Å². The molecule has 82 valence electrons. The number of hydrogen-bond acceptors (Lipinski definition) is 3. The summed E-state index contributed by atoms with van der Waals surface area (Å²) in [4.78, 5) is 4.67. The van der Waals surface area contributed by atoms with Crippen molar-refractivity contribution in [3.05, 3.63) is 41.3 Å². The van der Waals surface area contributed by atoms with Crippen LogP contribution < -0.4 is 9.80 Å². The highest BCUT2D eigenvalue weighted by molar-refractivity contribution is 7.14. The van der Waals surface area contributed by atoms with E-state index in [1.54, 1.807) is 0 Å². The molecule has 0 aliphatic carbocycles. The van der Waals surface area contributed by atoms with E-state index in [4.69, 9.17) is 0 Å². The highest BCUT2D eigenvalue weighted by Crippen LogP contribution is 2.42. The lowest BCUT2D eigenvalue weighted by molar-refractivity contribution is 0.954. The van der Waals surface area contributed by atoms with Crippen molar-refractivity contribution in [2.24, 2.45) is 0 Å². The van der Waals surface area contributed by atoms with E-state index < -0.39 is 0 Å². The van der Waals surface area contributed by atoms with Gasteiger partial charge in [-0.1, -0.05) is 12.1 Å². The Hall–Kier alpha value is -1.48. The Bertz CT molecular complexity index is 518. The topological polar surface area (TPSA) is 6.48 Å². The number of thiophene rings is 1. The van der Waals surface area contributed by atoms with Crippen molar-refractivity contribution in [1.82, 2.24) is 0 Å². The van der Waals surface area contributed by atoms with Crippen molar-refractivity contribution >= 4 is 27.7 Å². The minimum absolute atomic E-state index is 0.945. The molecular formula is C13H14N2S. The summed E-state index contributed by atoms with van der Waals surface area (Å²) in [5.41, 5.74) is 3.99. The molecule has 2 heterocycles. The second-order valence-electron chi connectivity index (χ2n) is 4.16. The first-order chi connectivity index (χ1) is 7.77. The summed E-state index contributed by atoms with van der Waals surface area (Å²) in [6.07, 6.45) is 0. The summed E-state index contributed by atoms with van der Waals surface area (Å²) in [5, 5.41) is 3.52. The van der Waals surface area contributed by atoms with Crippen LogP contribution in [0.1, 0.15) is 5.56 Å². The third kappa shape index (κ3) is 1.32. The highest BCUT2D eigenvalue weighted by atomic mass is 32.1. The lowest BCUT2D eigenvalue weighted by Crippen LogP contribution is -2.23. The Kier molecular flexibility index (Phi) is 2.14. The van der Waals surface area contributed by atoms with Crippen molar-refractivity contribution in [2.45, 2.75) is 6.92 Å². The second kappa shape index (κ2) is 3.52. The molecule has 1 aromatic carbocycles. The van der Waals surface area contributed by atoms with Crippen LogP contribution in [0.25, 0.3) is 0 Å². The first-order valence-electron chi connectivity index (χ1n) is 5.39. The van der Waals surface area contributed by atoms with Crippen molar-refractivity contribution in [3.8, 4) is 0 Å². The van der Waals surface area contributed by atoms with Crippen LogP contribution in [0, 0.1) is 6.92 Å². The van der Waals surface area contributed by atoms with E-state index in [0.717, 1.165) is 6.67 Å². The van der Waals surface area contributed by atoms with Crippen LogP contribution in [0.15, 0.2) is 35.7 Å². The molecule has 1 aromatic heterocycles. The monoisotopic (exact) mass is 230 g/mol. The molecule has 0 spiro atoms. The highest BCUT2D eigenvalue weighted by Gasteiger charge is 2.25. The largest absolute Gasteiger partial charge is 0.355 e. The van der Waals surface area contributed by atoms with Crippen molar-refractivity contribution in [3.63, 3.8) is 0 Å². The molecule has 0 bridgehead atoms. The fourth-order valence-electron chi connectivity index (χ4n) is 2.19. The van der Waals surface area contributed by atoms with E-state index in [1.807, 2.05) is 11.3 Å². The summed E-state index contributed by atoms with van der Waals surface area (Å²) in [6, 6.07) is 10.8. The molecule has 0 amide bonds. The molecule has 0 saturated heterocycles. The van der Waals surface area contributed by atoms with Gasteiger partial charge in [-0.15, -0.1) is 11.3 Å². The molecule has 0 atom stereocenters. The molecule has 3 rings (SSSR count). The molecular weight excluding hydrogens is 216 g/mol. The van der Waals surface area contributed by atoms with E-state index in [1.165, 1.54) is 21.9 Å². The van der Waals surface area contributed by atoms with E-state index in [0.29, 0.717) is 0 Å². The maximum atomic E-state index is 2.38. The number of nitrogens with zero attached hydrogens (tertiary/aromatic N) is 2. The smallest absolute Gasteiger partial charge is 0.0998 e. The maximum absolute atomic E-state index is 2.38. The summed E-state index contributed by atoms with van der Waals surface area (Å²) in [5.74, 6) is 0. The first kappa shape index (κ1) is 9.73. The van der Waals surface area contributed by atoms with E-state index in [2.05, 4.69) is 59.5 Å². The molecule has 0 fully saturated rings. The Balaban J connectivity index is 2.10. The number of hydrogen-bond donors (Lipinski definition) is 0. The van der Waals surface area contributed by atoms with Crippen LogP contribution in [0.5, 0.6) is 0 Å². The number of rotatable bonds is 1. The third-order valence-corrected chi connectivity index (χ3v) is 4.06. The number of para-hydroxylation sites is 2. The first-order valence-corrected chi connectivity index (χ1v) is 6.27. The van der Waals surface area contributed by atoms with Crippen LogP contribution in [0.4, 0.5) is 16.4 Å². The lowest BCUT2D eigenvalue weighted by atomic mass is 10.2. The molecule has 2 nitrogen and oxygen atoms in total. The van der Waals surface area contributed by atoms with E-state index >= 15 is 0 Å². The number of anilines is 3. The normalized spacial score (nSPS) is 14.4. The Labute approximate surface area is 99.7 Å². The minimum Gasteiger partial charge on any atom is -0.355 e. The predicted molar refractivity (Wildman–Crippen MR) is 70.9 cm³/mol.